The zero-order valence-corrected chi connectivity index (χ0v) is 9.19. The van der Waals surface area contributed by atoms with Crippen LogP contribution in [-0.2, 0) is 0 Å². The maximum atomic E-state index is 10.4. The lowest BCUT2D eigenvalue weighted by molar-refractivity contribution is -0.404. The first kappa shape index (κ1) is 11.2. The molecular formula is C11H19NO2. The van der Waals surface area contributed by atoms with Crippen molar-refractivity contribution in [3.8, 4) is 0 Å². The normalized spacial score (nSPS) is 31.0. The molecule has 1 fully saturated rings. The third kappa shape index (κ3) is 2.82. The molecule has 0 aliphatic heterocycles. The number of rotatable bonds is 2. The summed E-state index contributed by atoms with van der Waals surface area (Å²) < 4.78 is 0. The summed E-state index contributed by atoms with van der Waals surface area (Å²) >= 11 is 0. The molecule has 0 aromatic rings. The van der Waals surface area contributed by atoms with Crippen LogP contribution in [0.5, 0.6) is 0 Å². The van der Waals surface area contributed by atoms with Gasteiger partial charge in [-0.25, -0.2) is 0 Å². The molecule has 1 aliphatic rings. The van der Waals surface area contributed by atoms with Crippen molar-refractivity contribution in [1.29, 1.82) is 0 Å². The smallest absolute Gasteiger partial charge is 0.233 e. The van der Waals surface area contributed by atoms with Crippen molar-refractivity contribution in [1.82, 2.24) is 0 Å². The van der Waals surface area contributed by atoms with E-state index in [9.17, 15) is 10.1 Å². The van der Waals surface area contributed by atoms with E-state index in [0.717, 1.165) is 24.8 Å². The van der Waals surface area contributed by atoms with Gasteiger partial charge < -0.3 is 0 Å². The third-order valence-corrected chi connectivity index (χ3v) is 3.13. The number of nitrogens with zero attached hydrogens (tertiary/aromatic N) is 1. The average molecular weight is 197 g/mol. The highest BCUT2D eigenvalue weighted by Crippen LogP contribution is 2.37. The van der Waals surface area contributed by atoms with Gasteiger partial charge in [-0.2, -0.15) is 0 Å². The standard InChI is InChI=1S/C11H19NO2/c1-8(2)11-6-9(3)4-5-10(11)7-12(13)14/h7-9,11H,4-6H2,1-3H3/b10-7+/t9-,11-/m0/s1. The van der Waals surface area contributed by atoms with Gasteiger partial charge in [-0.1, -0.05) is 20.8 Å². The van der Waals surface area contributed by atoms with Gasteiger partial charge in [0, 0.05) is 5.57 Å². The predicted octanol–water partition coefficient (Wildman–Crippen LogP) is 3.24. The highest BCUT2D eigenvalue weighted by molar-refractivity contribution is 5.07. The Labute approximate surface area is 85.3 Å². The second kappa shape index (κ2) is 4.58. The number of hydrogen-bond acceptors (Lipinski definition) is 2. The third-order valence-electron chi connectivity index (χ3n) is 3.13. The lowest BCUT2D eigenvalue weighted by Gasteiger charge is -2.30. The second-order valence-electron chi connectivity index (χ2n) is 4.72. The maximum absolute atomic E-state index is 10.4. The summed E-state index contributed by atoms with van der Waals surface area (Å²) in [6.07, 6.45) is 4.35. The van der Waals surface area contributed by atoms with E-state index in [-0.39, 0.29) is 4.92 Å². The summed E-state index contributed by atoms with van der Waals surface area (Å²) in [5.41, 5.74) is 1.04. The summed E-state index contributed by atoms with van der Waals surface area (Å²) in [5, 5.41) is 10.4. The van der Waals surface area contributed by atoms with Crippen LogP contribution in [0, 0.1) is 27.9 Å². The van der Waals surface area contributed by atoms with Crippen molar-refractivity contribution < 1.29 is 4.92 Å². The summed E-state index contributed by atoms with van der Waals surface area (Å²) in [4.78, 5) is 10.1. The van der Waals surface area contributed by atoms with Crippen molar-refractivity contribution in [2.75, 3.05) is 0 Å². The SMILES string of the molecule is CC(C)[C@@H]1C[C@@H](C)CC/C1=C\[N+](=O)[O-]. The van der Waals surface area contributed by atoms with Gasteiger partial charge in [-0.3, -0.25) is 10.1 Å². The zero-order chi connectivity index (χ0) is 10.7. The lowest BCUT2D eigenvalue weighted by atomic mass is 9.74. The Hall–Kier alpha value is -0.860. The number of allylic oxidation sites excluding steroid dienone is 1. The van der Waals surface area contributed by atoms with Gasteiger partial charge in [0.05, 0.1) is 4.92 Å². The molecule has 0 bridgehead atoms. The highest BCUT2D eigenvalue weighted by Gasteiger charge is 2.27. The van der Waals surface area contributed by atoms with Crippen molar-refractivity contribution in [3.63, 3.8) is 0 Å². The van der Waals surface area contributed by atoms with Crippen LogP contribution in [-0.4, -0.2) is 4.92 Å². The number of hydrogen-bond donors (Lipinski definition) is 0. The van der Waals surface area contributed by atoms with Crippen molar-refractivity contribution in [2.24, 2.45) is 17.8 Å². The Morgan fingerprint density at radius 2 is 2.21 bits per heavy atom. The van der Waals surface area contributed by atoms with Crippen LogP contribution in [0.2, 0.25) is 0 Å². The van der Waals surface area contributed by atoms with Gasteiger partial charge >= 0.3 is 0 Å². The first-order chi connectivity index (χ1) is 6.50. The molecule has 0 heterocycles. The van der Waals surface area contributed by atoms with Gasteiger partial charge in [0.1, 0.15) is 0 Å². The van der Waals surface area contributed by atoms with Gasteiger partial charge in [0.25, 0.3) is 0 Å². The van der Waals surface area contributed by atoms with E-state index in [4.69, 9.17) is 0 Å². The van der Waals surface area contributed by atoms with E-state index >= 15 is 0 Å². The molecule has 1 rings (SSSR count). The molecule has 80 valence electrons. The minimum atomic E-state index is -0.305. The molecule has 0 aromatic heterocycles. The molecule has 0 N–H and O–H groups in total. The molecule has 0 unspecified atom stereocenters. The quantitative estimate of drug-likeness (QED) is 0.503. The first-order valence-electron chi connectivity index (χ1n) is 5.34. The molecule has 0 saturated heterocycles. The van der Waals surface area contributed by atoms with E-state index in [1.165, 1.54) is 6.20 Å². The zero-order valence-electron chi connectivity index (χ0n) is 9.19. The number of nitro groups is 1. The highest BCUT2D eigenvalue weighted by atomic mass is 16.6. The largest absolute Gasteiger partial charge is 0.259 e. The molecule has 0 aromatic carbocycles. The molecule has 1 aliphatic carbocycles. The predicted molar refractivity (Wildman–Crippen MR) is 56.4 cm³/mol. The molecule has 2 atom stereocenters. The van der Waals surface area contributed by atoms with Crippen LogP contribution in [0.4, 0.5) is 0 Å². The van der Waals surface area contributed by atoms with E-state index in [1.54, 1.807) is 0 Å². The molecular weight excluding hydrogens is 178 g/mol. The van der Waals surface area contributed by atoms with Gasteiger partial charge in [-0.15, -0.1) is 0 Å². The molecule has 1 saturated carbocycles. The molecule has 0 radical (unpaired) electrons. The molecule has 0 amide bonds. The van der Waals surface area contributed by atoms with Gasteiger partial charge in [-0.05, 0) is 37.0 Å². The van der Waals surface area contributed by atoms with Crippen LogP contribution >= 0.6 is 0 Å². The van der Waals surface area contributed by atoms with E-state index in [1.807, 2.05) is 0 Å². The van der Waals surface area contributed by atoms with Crippen LogP contribution in [0.25, 0.3) is 0 Å². The Bertz CT molecular complexity index is 246. The monoisotopic (exact) mass is 197 g/mol. The fraction of sp³-hybridized carbons (Fsp3) is 0.818. The van der Waals surface area contributed by atoms with Crippen molar-refractivity contribution >= 4 is 0 Å². The van der Waals surface area contributed by atoms with E-state index < -0.39 is 0 Å². The average Bonchev–Trinajstić information content (AvgIpc) is 2.07. The topological polar surface area (TPSA) is 43.1 Å². The summed E-state index contributed by atoms with van der Waals surface area (Å²) in [5.74, 6) is 1.65. The van der Waals surface area contributed by atoms with Gasteiger partial charge in [0.15, 0.2) is 0 Å². The molecule has 0 spiro atoms. The fourth-order valence-electron chi connectivity index (χ4n) is 2.30. The maximum Gasteiger partial charge on any atom is 0.233 e. The summed E-state index contributed by atoms with van der Waals surface area (Å²) in [7, 11) is 0. The Kier molecular flexibility index (Phi) is 3.67. The Morgan fingerprint density at radius 1 is 1.57 bits per heavy atom. The molecule has 3 nitrogen and oxygen atoms in total. The van der Waals surface area contributed by atoms with E-state index in [0.29, 0.717) is 17.8 Å². The minimum Gasteiger partial charge on any atom is -0.259 e. The van der Waals surface area contributed by atoms with Crippen LogP contribution < -0.4 is 0 Å². The minimum absolute atomic E-state index is 0.305. The van der Waals surface area contributed by atoms with Crippen molar-refractivity contribution in [2.45, 2.75) is 40.0 Å². The Balaban J connectivity index is 2.77. The van der Waals surface area contributed by atoms with Crippen molar-refractivity contribution in [3.05, 3.63) is 21.9 Å². The van der Waals surface area contributed by atoms with Crippen LogP contribution in [0.1, 0.15) is 40.0 Å². The van der Waals surface area contributed by atoms with Crippen LogP contribution in [0.3, 0.4) is 0 Å². The molecule has 3 heteroatoms. The van der Waals surface area contributed by atoms with Crippen LogP contribution in [0.15, 0.2) is 11.8 Å². The van der Waals surface area contributed by atoms with Gasteiger partial charge in [0.2, 0.25) is 6.20 Å². The summed E-state index contributed by atoms with van der Waals surface area (Å²) in [6, 6.07) is 0. The first-order valence-corrected chi connectivity index (χ1v) is 5.34. The fourth-order valence-corrected chi connectivity index (χ4v) is 2.30. The summed E-state index contributed by atoms with van der Waals surface area (Å²) in [6.45, 7) is 6.53. The molecule has 14 heavy (non-hydrogen) atoms. The Morgan fingerprint density at radius 3 is 2.71 bits per heavy atom. The lowest BCUT2D eigenvalue weighted by Crippen LogP contribution is -2.21. The van der Waals surface area contributed by atoms with E-state index in [2.05, 4.69) is 20.8 Å². The second-order valence-corrected chi connectivity index (χ2v) is 4.72.